The van der Waals surface area contributed by atoms with Gasteiger partial charge in [-0.25, -0.2) is 0 Å². The normalized spacial score (nSPS) is 10.3. The Labute approximate surface area is 115 Å². The fraction of sp³-hybridized carbons (Fsp3) is 0.533. The number of rotatable bonds is 7. The Kier molecular flexibility index (Phi) is 6.36. The maximum Gasteiger partial charge on any atom is 0.236 e. The number of aryl methyl sites for hydroxylation is 1. The number of nitrogens with one attached hydrogen (secondary N) is 1. The van der Waals surface area contributed by atoms with E-state index in [-0.39, 0.29) is 5.91 Å². The van der Waals surface area contributed by atoms with Gasteiger partial charge in [0.2, 0.25) is 5.91 Å². The van der Waals surface area contributed by atoms with Crippen molar-refractivity contribution in [2.45, 2.75) is 20.3 Å². The van der Waals surface area contributed by atoms with E-state index >= 15 is 0 Å². The summed E-state index contributed by atoms with van der Waals surface area (Å²) >= 11 is 0. The van der Waals surface area contributed by atoms with Crippen molar-refractivity contribution in [3.05, 3.63) is 29.3 Å². The van der Waals surface area contributed by atoms with Crippen molar-refractivity contribution in [1.82, 2.24) is 10.2 Å². The van der Waals surface area contributed by atoms with Crippen LogP contribution in [0.2, 0.25) is 0 Å². The van der Waals surface area contributed by atoms with E-state index in [9.17, 15) is 4.79 Å². The molecule has 0 saturated heterocycles. The molecule has 0 aliphatic rings. The lowest BCUT2D eigenvalue weighted by Gasteiger charge is -2.17. The third-order valence-corrected chi connectivity index (χ3v) is 3.15. The maximum atomic E-state index is 11.7. The highest BCUT2D eigenvalue weighted by molar-refractivity contribution is 5.77. The average molecular weight is 264 g/mol. The van der Waals surface area contributed by atoms with Gasteiger partial charge in [0.15, 0.2) is 0 Å². The zero-order chi connectivity index (χ0) is 14.3. The van der Waals surface area contributed by atoms with Crippen molar-refractivity contribution in [2.24, 2.45) is 0 Å². The van der Waals surface area contributed by atoms with Crippen molar-refractivity contribution < 1.29 is 9.53 Å². The molecular weight excluding hydrogens is 240 g/mol. The molecule has 0 fully saturated rings. The summed E-state index contributed by atoms with van der Waals surface area (Å²) in [6.07, 6.45) is 0.860. The molecule has 0 unspecified atom stereocenters. The van der Waals surface area contributed by atoms with Crippen LogP contribution in [0, 0.1) is 6.92 Å². The predicted molar refractivity (Wildman–Crippen MR) is 77.6 cm³/mol. The van der Waals surface area contributed by atoms with E-state index in [1.807, 2.05) is 27.0 Å². The number of nitrogens with zero attached hydrogens (tertiary/aromatic N) is 1. The molecule has 1 aromatic rings. The summed E-state index contributed by atoms with van der Waals surface area (Å²) in [7, 11) is 3.52. The van der Waals surface area contributed by atoms with Crippen LogP contribution in [0.15, 0.2) is 18.2 Å². The first kappa shape index (κ1) is 15.5. The average Bonchev–Trinajstić information content (AvgIpc) is 2.42. The van der Waals surface area contributed by atoms with Crippen molar-refractivity contribution in [3.8, 4) is 5.75 Å². The second kappa shape index (κ2) is 7.79. The van der Waals surface area contributed by atoms with Crippen LogP contribution in [0.3, 0.4) is 0 Å². The van der Waals surface area contributed by atoms with E-state index in [0.29, 0.717) is 6.54 Å². The number of carbonyl (C=O) groups is 1. The summed E-state index contributed by atoms with van der Waals surface area (Å²) in [5.41, 5.74) is 2.35. The number of methoxy groups -OCH3 is 1. The summed E-state index contributed by atoms with van der Waals surface area (Å²) in [6, 6.07) is 6.14. The number of benzene rings is 1. The van der Waals surface area contributed by atoms with Crippen molar-refractivity contribution in [2.75, 3.05) is 33.8 Å². The van der Waals surface area contributed by atoms with Gasteiger partial charge in [0, 0.05) is 13.6 Å². The molecular formula is C15H24N2O2. The minimum Gasteiger partial charge on any atom is -0.496 e. The molecule has 0 atom stereocenters. The molecule has 0 spiro atoms. The molecule has 0 saturated carbocycles. The molecule has 1 rings (SSSR count). The zero-order valence-corrected chi connectivity index (χ0v) is 12.3. The topological polar surface area (TPSA) is 41.6 Å². The minimum atomic E-state index is 0.132. The van der Waals surface area contributed by atoms with Crippen LogP contribution in [0.25, 0.3) is 0 Å². The lowest BCUT2D eigenvalue weighted by molar-refractivity contribution is -0.128. The van der Waals surface area contributed by atoms with Crippen LogP contribution in [0.1, 0.15) is 18.1 Å². The molecule has 4 nitrogen and oxygen atoms in total. The number of hydrogen-bond acceptors (Lipinski definition) is 3. The molecule has 19 heavy (non-hydrogen) atoms. The standard InChI is InChI=1S/C15H24N2O2/c1-5-16-11-15(18)17(3)9-8-13-6-7-14(19-4)12(2)10-13/h6-7,10,16H,5,8-9,11H2,1-4H3. The molecule has 4 heteroatoms. The molecule has 0 radical (unpaired) electrons. The van der Waals surface area contributed by atoms with Crippen LogP contribution in [0.5, 0.6) is 5.75 Å². The third kappa shape index (κ3) is 4.91. The van der Waals surface area contributed by atoms with Gasteiger partial charge in [-0.1, -0.05) is 19.1 Å². The quantitative estimate of drug-likeness (QED) is 0.813. The Balaban J connectivity index is 2.48. The first-order valence-electron chi connectivity index (χ1n) is 6.66. The van der Waals surface area contributed by atoms with Crippen LogP contribution in [-0.4, -0.2) is 44.6 Å². The number of ether oxygens (including phenoxy) is 1. The molecule has 0 aromatic heterocycles. The highest BCUT2D eigenvalue weighted by Gasteiger charge is 2.08. The summed E-state index contributed by atoms with van der Waals surface area (Å²) < 4.78 is 5.24. The van der Waals surface area contributed by atoms with Gasteiger partial charge in [-0.05, 0) is 37.1 Å². The van der Waals surface area contributed by atoms with Crippen LogP contribution < -0.4 is 10.1 Å². The summed E-state index contributed by atoms with van der Waals surface area (Å²) in [5, 5.41) is 3.04. The lowest BCUT2D eigenvalue weighted by Crippen LogP contribution is -2.36. The van der Waals surface area contributed by atoms with E-state index < -0.39 is 0 Å². The fourth-order valence-electron chi connectivity index (χ4n) is 1.88. The van der Waals surface area contributed by atoms with Gasteiger partial charge in [0.1, 0.15) is 5.75 Å². The van der Waals surface area contributed by atoms with Gasteiger partial charge < -0.3 is 15.0 Å². The number of carbonyl (C=O) groups excluding carboxylic acids is 1. The first-order chi connectivity index (χ1) is 9.08. The summed E-state index contributed by atoms with van der Waals surface area (Å²) in [4.78, 5) is 13.5. The molecule has 0 aliphatic carbocycles. The van der Waals surface area contributed by atoms with Gasteiger partial charge in [0.25, 0.3) is 0 Å². The maximum absolute atomic E-state index is 11.7. The van der Waals surface area contributed by atoms with E-state index in [0.717, 1.165) is 30.8 Å². The predicted octanol–water partition coefficient (Wildman–Crippen LogP) is 1.61. The van der Waals surface area contributed by atoms with Gasteiger partial charge in [-0.2, -0.15) is 0 Å². The van der Waals surface area contributed by atoms with Crippen molar-refractivity contribution >= 4 is 5.91 Å². The van der Waals surface area contributed by atoms with Gasteiger partial charge in [-0.15, -0.1) is 0 Å². The van der Waals surface area contributed by atoms with Gasteiger partial charge >= 0.3 is 0 Å². The van der Waals surface area contributed by atoms with Crippen LogP contribution in [-0.2, 0) is 11.2 Å². The van der Waals surface area contributed by atoms with Crippen molar-refractivity contribution in [3.63, 3.8) is 0 Å². The molecule has 0 heterocycles. The summed E-state index contributed by atoms with van der Waals surface area (Å²) in [6.45, 7) is 5.98. The van der Waals surface area contributed by atoms with Gasteiger partial charge in [-0.3, -0.25) is 4.79 Å². The number of amides is 1. The second-order valence-electron chi connectivity index (χ2n) is 4.65. The Bertz CT molecular complexity index is 419. The minimum absolute atomic E-state index is 0.132. The van der Waals surface area contributed by atoms with E-state index in [1.165, 1.54) is 5.56 Å². The Morgan fingerprint density at radius 2 is 2.16 bits per heavy atom. The Morgan fingerprint density at radius 1 is 1.42 bits per heavy atom. The van der Waals surface area contributed by atoms with E-state index in [1.54, 1.807) is 12.0 Å². The number of hydrogen-bond donors (Lipinski definition) is 1. The molecule has 1 N–H and O–H groups in total. The largest absolute Gasteiger partial charge is 0.496 e. The molecule has 1 aromatic carbocycles. The smallest absolute Gasteiger partial charge is 0.236 e. The fourth-order valence-corrected chi connectivity index (χ4v) is 1.88. The third-order valence-electron chi connectivity index (χ3n) is 3.15. The molecule has 106 valence electrons. The van der Waals surface area contributed by atoms with Crippen molar-refractivity contribution in [1.29, 1.82) is 0 Å². The van der Waals surface area contributed by atoms with Crippen LogP contribution in [0.4, 0.5) is 0 Å². The second-order valence-corrected chi connectivity index (χ2v) is 4.65. The highest BCUT2D eigenvalue weighted by atomic mass is 16.5. The zero-order valence-electron chi connectivity index (χ0n) is 12.3. The van der Waals surface area contributed by atoms with E-state index in [2.05, 4.69) is 17.4 Å². The molecule has 0 bridgehead atoms. The SMILES string of the molecule is CCNCC(=O)N(C)CCc1ccc(OC)c(C)c1. The Morgan fingerprint density at radius 3 is 2.74 bits per heavy atom. The lowest BCUT2D eigenvalue weighted by atomic mass is 10.1. The molecule has 0 aliphatic heterocycles. The highest BCUT2D eigenvalue weighted by Crippen LogP contribution is 2.18. The van der Waals surface area contributed by atoms with Gasteiger partial charge in [0.05, 0.1) is 13.7 Å². The monoisotopic (exact) mass is 264 g/mol. The van der Waals surface area contributed by atoms with Crippen LogP contribution >= 0.6 is 0 Å². The first-order valence-corrected chi connectivity index (χ1v) is 6.66. The number of likely N-dealkylation sites (N-methyl/N-ethyl adjacent to an activating group) is 2. The Hall–Kier alpha value is -1.55. The molecule has 1 amide bonds. The summed E-state index contributed by atoms with van der Waals surface area (Å²) in [5.74, 6) is 1.03. The van der Waals surface area contributed by atoms with E-state index in [4.69, 9.17) is 4.74 Å².